The fraction of sp³-hybridized carbons (Fsp3) is 0.0154. The Morgan fingerprint density at radius 3 is 1.22 bits per heavy atom. The molecule has 6 aromatic carbocycles. The summed E-state index contributed by atoms with van der Waals surface area (Å²) in [5.41, 5.74) is 18.4. The molecular weight excluding hydrogens is 953 g/mol. The van der Waals surface area contributed by atoms with Gasteiger partial charge in [0.05, 0.1) is 34.2 Å². The second-order valence-electron chi connectivity index (χ2n) is 18.4. The molecule has 6 aromatic heterocycles. The van der Waals surface area contributed by atoms with E-state index in [1.54, 1.807) is 36.5 Å². The van der Waals surface area contributed by atoms with Crippen LogP contribution in [0.3, 0.4) is 0 Å². The zero-order chi connectivity index (χ0) is 50.4. The number of benzene rings is 6. The van der Waals surface area contributed by atoms with Crippen molar-refractivity contribution in [1.29, 1.82) is 0 Å². The summed E-state index contributed by atoms with van der Waals surface area (Å²) in [4.78, 5) is 46.8. The van der Waals surface area contributed by atoms with Gasteiger partial charge < -0.3 is 9.80 Å². The highest BCUT2D eigenvalue weighted by Crippen LogP contribution is 2.53. The minimum absolute atomic E-state index is 0.494. The molecular formula is C65H42N10S. The molecule has 0 atom stereocenters. The third-order valence-electron chi connectivity index (χ3n) is 13.8. The Labute approximate surface area is 443 Å². The lowest BCUT2D eigenvalue weighted by molar-refractivity contribution is 1.09. The smallest absolute Gasteiger partial charge is 0.179 e. The average molecular weight is 995 g/mol. The van der Waals surface area contributed by atoms with Gasteiger partial charge in [-0.3, -0.25) is 19.9 Å². The Hall–Kier alpha value is -9.97. The summed E-state index contributed by atoms with van der Waals surface area (Å²) in [5.74, 6) is 0.989. The van der Waals surface area contributed by atoms with Gasteiger partial charge in [0.2, 0.25) is 0 Å². The van der Waals surface area contributed by atoms with E-state index in [1.165, 1.54) is 20.9 Å². The van der Waals surface area contributed by atoms with Gasteiger partial charge >= 0.3 is 0 Å². The maximum Gasteiger partial charge on any atom is 0.179 e. The molecule has 76 heavy (non-hydrogen) atoms. The number of hydrogen-bond donors (Lipinski definition) is 0. The highest BCUT2D eigenvalue weighted by Gasteiger charge is 2.29. The largest absolute Gasteiger partial charge is 0.310 e. The lowest BCUT2D eigenvalue weighted by atomic mass is 9.89. The zero-order valence-corrected chi connectivity index (χ0v) is 41.5. The Morgan fingerprint density at radius 2 is 0.763 bits per heavy atom. The first-order valence-electron chi connectivity index (χ1n) is 25.0. The van der Waals surface area contributed by atoms with Crippen LogP contribution in [0, 0.1) is 0 Å². The van der Waals surface area contributed by atoms with Crippen molar-refractivity contribution in [2.75, 3.05) is 9.80 Å². The molecule has 10 nitrogen and oxygen atoms in total. The van der Waals surface area contributed by atoms with E-state index in [4.69, 9.17) is 29.9 Å². The molecule has 0 unspecified atom stereocenters. The summed E-state index contributed by atoms with van der Waals surface area (Å²) >= 11 is 1.78. The first-order valence-corrected chi connectivity index (χ1v) is 25.8. The Kier molecular flexibility index (Phi) is 11.3. The first-order chi connectivity index (χ1) is 37.7. The Bertz CT molecular complexity index is 3670. The molecule has 0 amide bonds. The van der Waals surface area contributed by atoms with Gasteiger partial charge in [0, 0.05) is 98.4 Å². The van der Waals surface area contributed by atoms with Crippen LogP contribution in [0.25, 0.3) is 79.2 Å². The summed E-state index contributed by atoms with van der Waals surface area (Å²) in [7, 11) is 0. The maximum absolute atomic E-state index is 5.45. The number of pyridine rings is 4. The number of rotatable bonds is 9. The molecule has 0 aliphatic carbocycles. The molecule has 0 saturated heterocycles. The van der Waals surface area contributed by atoms with Gasteiger partial charge in [-0.2, -0.15) is 0 Å². The Morgan fingerprint density at radius 1 is 0.329 bits per heavy atom. The molecule has 14 rings (SSSR count). The fourth-order valence-corrected chi connectivity index (χ4v) is 11.4. The van der Waals surface area contributed by atoms with E-state index in [9.17, 15) is 0 Å². The average Bonchev–Trinajstić information content (AvgIpc) is 3.51. The molecule has 358 valence electrons. The number of nitrogens with zero attached hydrogens (tertiary/aromatic N) is 10. The van der Waals surface area contributed by atoms with Gasteiger partial charge in [0.15, 0.2) is 11.6 Å². The molecule has 11 heteroatoms. The summed E-state index contributed by atoms with van der Waals surface area (Å²) in [6.07, 6.45) is 11.6. The number of anilines is 6. The SMILES string of the molecule is c1ccc(-c2nc(-c3cccnc3)cc(-c3cc(N4c5ccccc5Cc5ccccc54)ccc3-c3ccc(N4c5ccccc5Sc5ccccc54)cc3-c3cc(-c4cccnc4)nc(-c4ccccn4)n3)n2)nc1. The number of para-hydroxylation sites is 4. The van der Waals surface area contributed by atoms with E-state index in [0.717, 1.165) is 85.3 Å². The van der Waals surface area contributed by atoms with Crippen molar-refractivity contribution in [1.82, 2.24) is 39.9 Å². The van der Waals surface area contributed by atoms with Crippen LogP contribution in [0.5, 0.6) is 0 Å². The second kappa shape index (κ2) is 19.1. The van der Waals surface area contributed by atoms with Crippen molar-refractivity contribution in [3.05, 3.63) is 255 Å². The standard InChI is InChI=1S/C65H42N10S/c1-3-21-58-42(15-1)35-43-16-2-4-22-59(43)74(58)46-27-29-48(50(36-46)56-38-54(44-17-13-31-66-40-44)70-64(72-56)52-19-9-11-33-68-52)49-30-28-47(75-60-23-5-7-25-62(60)76-63-26-8-6-24-61(63)75)37-51(49)57-39-55(45-18-14-32-67-41-45)71-65(73-57)53-20-10-12-34-69-53/h1-34,36-41H,35H2. The van der Waals surface area contributed by atoms with Crippen molar-refractivity contribution in [2.24, 2.45) is 0 Å². The van der Waals surface area contributed by atoms with Crippen LogP contribution < -0.4 is 9.80 Å². The highest BCUT2D eigenvalue weighted by molar-refractivity contribution is 7.99. The molecule has 0 saturated carbocycles. The van der Waals surface area contributed by atoms with E-state index in [2.05, 4.69) is 165 Å². The van der Waals surface area contributed by atoms with Crippen molar-refractivity contribution >= 4 is 45.9 Å². The number of fused-ring (bicyclic) bond motifs is 4. The number of hydrogen-bond acceptors (Lipinski definition) is 11. The van der Waals surface area contributed by atoms with E-state index < -0.39 is 0 Å². The van der Waals surface area contributed by atoms with E-state index in [-0.39, 0.29) is 0 Å². The third-order valence-corrected chi connectivity index (χ3v) is 14.9. The second-order valence-corrected chi connectivity index (χ2v) is 19.5. The van der Waals surface area contributed by atoms with Crippen LogP contribution in [-0.4, -0.2) is 39.9 Å². The van der Waals surface area contributed by atoms with Gasteiger partial charge in [0.25, 0.3) is 0 Å². The monoisotopic (exact) mass is 994 g/mol. The van der Waals surface area contributed by atoms with Crippen molar-refractivity contribution < 1.29 is 0 Å². The lowest BCUT2D eigenvalue weighted by Gasteiger charge is -2.34. The van der Waals surface area contributed by atoms with Gasteiger partial charge in [0.1, 0.15) is 11.4 Å². The molecule has 2 aliphatic rings. The number of aromatic nitrogens is 8. The van der Waals surface area contributed by atoms with Gasteiger partial charge in [-0.25, -0.2) is 19.9 Å². The molecule has 0 spiro atoms. The predicted octanol–water partition coefficient (Wildman–Crippen LogP) is 15.8. The molecule has 12 aromatic rings. The summed E-state index contributed by atoms with van der Waals surface area (Å²) in [6, 6.07) is 71.7. The summed E-state index contributed by atoms with van der Waals surface area (Å²) in [6.45, 7) is 0. The first kappa shape index (κ1) is 44.7. The quantitative estimate of drug-likeness (QED) is 0.138. The summed E-state index contributed by atoms with van der Waals surface area (Å²) in [5, 5.41) is 0. The van der Waals surface area contributed by atoms with Crippen LogP contribution in [0.1, 0.15) is 11.1 Å². The van der Waals surface area contributed by atoms with Crippen LogP contribution >= 0.6 is 11.8 Å². The van der Waals surface area contributed by atoms with Crippen LogP contribution in [-0.2, 0) is 6.42 Å². The molecule has 0 radical (unpaired) electrons. The van der Waals surface area contributed by atoms with E-state index >= 15 is 0 Å². The topological polar surface area (TPSA) is 110 Å². The van der Waals surface area contributed by atoms with E-state index in [1.807, 2.05) is 73.1 Å². The maximum atomic E-state index is 5.45. The molecule has 8 heterocycles. The lowest BCUT2D eigenvalue weighted by Crippen LogP contribution is -2.18. The molecule has 0 bridgehead atoms. The van der Waals surface area contributed by atoms with Crippen molar-refractivity contribution in [3.8, 4) is 79.2 Å². The normalized spacial score (nSPS) is 12.3. The van der Waals surface area contributed by atoms with Gasteiger partial charge in [-0.15, -0.1) is 0 Å². The molecule has 2 aliphatic heterocycles. The summed E-state index contributed by atoms with van der Waals surface area (Å²) < 4.78 is 0. The minimum Gasteiger partial charge on any atom is -0.310 e. The molecule has 0 N–H and O–H groups in total. The van der Waals surface area contributed by atoms with Gasteiger partial charge in [-0.05, 0) is 144 Å². The minimum atomic E-state index is 0.494. The van der Waals surface area contributed by atoms with Crippen LogP contribution in [0.4, 0.5) is 34.1 Å². The highest BCUT2D eigenvalue weighted by atomic mass is 32.2. The van der Waals surface area contributed by atoms with E-state index in [0.29, 0.717) is 34.4 Å². The van der Waals surface area contributed by atoms with Crippen molar-refractivity contribution in [2.45, 2.75) is 16.2 Å². The predicted molar refractivity (Wildman–Crippen MR) is 303 cm³/mol. The van der Waals surface area contributed by atoms with Crippen molar-refractivity contribution in [3.63, 3.8) is 0 Å². The molecule has 0 fully saturated rings. The Balaban J connectivity index is 1.07. The van der Waals surface area contributed by atoms with Crippen LogP contribution in [0.2, 0.25) is 0 Å². The van der Waals surface area contributed by atoms with Crippen LogP contribution in [0.15, 0.2) is 253 Å². The zero-order valence-electron chi connectivity index (χ0n) is 40.7. The van der Waals surface area contributed by atoms with Gasteiger partial charge in [-0.1, -0.05) is 96.7 Å². The fourth-order valence-electron chi connectivity index (χ4n) is 10.3. The third kappa shape index (κ3) is 8.21.